The monoisotopic (exact) mass is 260 g/mol. The average Bonchev–Trinajstić information content (AvgIpc) is 2.28. The molecule has 0 atom stereocenters. The van der Waals surface area contributed by atoms with E-state index in [9.17, 15) is 4.79 Å². The summed E-state index contributed by atoms with van der Waals surface area (Å²) in [6.07, 6.45) is 1.44. The van der Waals surface area contributed by atoms with Crippen LogP contribution in [0.4, 0.5) is 0 Å². The van der Waals surface area contributed by atoms with E-state index in [0.29, 0.717) is 13.2 Å². The first-order valence-corrected chi connectivity index (χ1v) is 5.74. The van der Waals surface area contributed by atoms with Gasteiger partial charge in [0.1, 0.15) is 10.8 Å². The fourth-order valence-corrected chi connectivity index (χ4v) is 2.09. The molecule has 1 aromatic rings. The van der Waals surface area contributed by atoms with Crippen LogP contribution < -0.4 is 0 Å². The lowest BCUT2D eigenvalue weighted by Crippen LogP contribution is -2.24. The van der Waals surface area contributed by atoms with Crippen molar-refractivity contribution < 1.29 is 9.53 Å². The highest BCUT2D eigenvalue weighted by Gasteiger charge is 2.24. The Labute approximate surface area is 103 Å². The topological polar surface area (TPSA) is 52.1 Å². The van der Waals surface area contributed by atoms with Gasteiger partial charge in [-0.3, -0.25) is 4.79 Å². The van der Waals surface area contributed by atoms with Crippen molar-refractivity contribution in [3.63, 3.8) is 0 Å². The number of carbonyl (C=O) groups is 1. The minimum atomic E-state index is -0.0456. The summed E-state index contributed by atoms with van der Waals surface area (Å²) in [5, 5.41) is 0.193. The molecule has 0 spiro atoms. The fraction of sp³-hybridized carbons (Fsp3) is 0.500. The minimum absolute atomic E-state index is 0.00269. The zero-order valence-electron chi connectivity index (χ0n) is 8.45. The zero-order chi connectivity index (χ0) is 11.5. The second-order valence-electron chi connectivity index (χ2n) is 3.60. The van der Waals surface area contributed by atoms with E-state index >= 15 is 0 Å². The van der Waals surface area contributed by atoms with Crippen molar-refractivity contribution in [3.05, 3.63) is 22.2 Å². The number of Topliss-reactive ketones (excluding diaryl/α,β-unsaturated/α-hetero) is 1. The third-order valence-electron chi connectivity index (χ3n) is 2.51. The van der Waals surface area contributed by atoms with Crippen LogP contribution in [0.3, 0.4) is 0 Å². The van der Waals surface area contributed by atoms with Gasteiger partial charge < -0.3 is 4.74 Å². The molecule has 0 N–H and O–H groups in total. The van der Waals surface area contributed by atoms with Gasteiger partial charge in [0, 0.05) is 25.2 Å². The van der Waals surface area contributed by atoms with Gasteiger partial charge in [-0.25, -0.2) is 9.97 Å². The number of halogens is 2. The smallest absolute Gasteiger partial charge is 0.224 e. The number of hydrogen-bond donors (Lipinski definition) is 0. The van der Waals surface area contributed by atoms with Gasteiger partial charge in [-0.05, 0) is 24.4 Å². The van der Waals surface area contributed by atoms with E-state index < -0.39 is 0 Å². The van der Waals surface area contributed by atoms with Gasteiger partial charge in [0.25, 0.3) is 0 Å². The van der Waals surface area contributed by atoms with Crippen LogP contribution in [0.5, 0.6) is 0 Å². The molecular formula is C10H10Cl2N2O2. The standard InChI is InChI=1S/C10H10Cl2N2O2/c11-8-5-7(13-10(12)14-8)9(15)6-1-3-16-4-2-6/h5-6H,1-4H2. The number of hydrogen-bond acceptors (Lipinski definition) is 4. The summed E-state index contributed by atoms with van der Waals surface area (Å²) in [5.41, 5.74) is 0.289. The van der Waals surface area contributed by atoms with Gasteiger partial charge in [-0.1, -0.05) is 11.6 Å². The van der Waals surface area contributed by atoms with Gasteiger partial charge in [-0.15, -0.1) is 0 Å². The predicted molar refractivity (Wildman–Crippen MR) is 59.9 cm³/mol. The highest BCUT2D eigenvalue weighted by molar-refractivity contribution is 6.32. The first-order chi connectivity index (χ1) is 7.66. The van der Waals surface area contributed by atoms with Crippen LogP contribution in [-0.4, -0.2) is 29.0 Å². The molecule has 1 fully saturated rings. The molecule has 1 aliphatic rings. The van der Waals surface area contributed by atoms with Crippen molar-refractivity contribution >= 4 is 29.0 Å². The lowest BCUT2D eigenvalue weighted by atomic mass is 9.93. The van der Waals surface area contributed by atoms with Crippen molar-refractivity contribution in [2.24, 2.45) is 5.92 Å². The maximum Gasteiger partial charge on any atom is 0.224 e. The number of ketones is 1. The summed E-state index contributed by atoms with van der Waals surface area (Å²) >= 11 is 11.4. The van der Waals surface area contributed by atoms with Crippen LogP contribution in [0, 0.1) is 5.92 Å². The first kappa shape index (κ1) is 11.8. The van der Waals surface area contributed by atoms with Crippen molar-refractivity contribution in [1.82, 2.24) is 9.97 Å². The first-order valence-electron chi connectivity index (χ1n) is 4.99. The second kappa shape index (κ2) is 5.08. The molecule has 1 aliphatic heterocycles. The fourth-order valence-electron chi connectivity index (χ4n) is 1.69. The summed E-state index contributed by atoms with van der Waals surface area (Å²) < 4.78 is 5.20. The van der Waals surface area contributed by atoms with E-state index in [1.165, 1.54) is 6.07 Å². The molecule has 0 aromatic carbocycles. The molecule has 0 saturated carbocycles. The summed E-state index contributed by atoms with van der Waals surface area (Å²) in [6, 6.07) is 1.45. The third kappa shape index (κ3) is 2.70. The van der Waals surface area contributed by atoms with E-state index in [2.05, 4.69) is 9.97 Å². The van der Waals surface area contributed by atoms with E-state index in [-0.39, 0.29) is 27.8 Å². The van der Waals surface area contributed by atoms with Gasteiger partial charge in [-0.2, -0.15) is 0 Å². The van der Waals surface area contributed by atoms with Gasteiger partial charge in [0.15, 0.2) is 5.78 Å². The summed E-state index contributed by atoms with van der Waals surface area (Å²) in [4.78, 5) is 19.6. The molecule has 0 bridgehead atoms. The minimum Gasteiger partial charge on any atom is -0.381 e. The predicted octanol–water partition coefficient (Wildman–Crippen LogP) is 2.39. The lowest BCUT2D eigenvalue weighted by Gasteiger charge is -2.20. The number of nitrogens with zero attached hydrogens (tertiary/aromatic N) is 2. The molecule has 16 heavy (non-hydrogen) atoms. The van der Waals surface area contributed by atoms with Crippen LogP contribution in [0.15, 0.2) is 6.07 Å². The van der Waals surface area contributed by atoms with Crippen LogP contribution in [0.1, 0.15) is 23.3 Å². The van der Waals surface area contributed by atoms with Crippen LogP contribution in [-0.2, 0) is 4.74 Å². The number of carbonyl (C=O) groups excluding carboxylic acids is 1. The molecule has 0 unspecified atom stereocenters. The number of aromatic nitrogens is 2. The van der Waals surface area contributed by atoms with Crippen molar-refractivity contribution in [1.29, 1.82) is 0 Å². The van der Waals surface area contributed by atoms with Gasteiger partial charge >= 0.3 is 0 Å². The molecule has 2 rings (SSSR count). The normalized spacial score (nSPS) is 17.4. The molecule has 86 valence electrons. The van der Waals surface area contributed by atoms with Crippen molar-refractivity contribution in [2.45, 2.75) is 12.8 Å². The Kier molecular flexibility index (Phi) is 3.74. The number of ether oxygens (including phenoxy) is 1. The number of rotatable bonds is 2. The molecular weight excluding hydrogens is 251 g/mol. The quantitative estimate of drug-likeness (QED) is 0.466. The maximum absolute atomic E-state index is 12.0. The van der Waals surface area contributed by atoms with Gasteiger partial charge in [0.05, 0.1) is 0 Å². The summed E-state index contributed by atoms with van der Waals surface area (Å²) in [7, 11) is 0. The maximum atomic E-state index is 12.0. The van der Waals surface area contributed by atoms with Crippen molar-refractivity contribution in [3.8, 4) is 0 Å². The Morgan fingerprint density at radius 1 is 1.31 bits per heavy atom. The van der Waals surface area contributed by atoms with E-state index in [0.717, 1.165) is 12.8 Å². The Morgan fingerprint density at radius 3 is 2.62 bits per heavy atom. The average molecular weight is 261 g/mol. The summed E-state index contributed by atoms with van der Waals surface area (Å²) in [5.74, 6) is -0.0784. The van der Waals surface area contributed by atoms with Crippen LogP contribution in [0.25, 0.3) is 0 Å². The molecule has 1 saturated heterocycles. The second-order valence-corrected chi connectivity index (χ2v) is 4.32. The molecule has 1 aromatic heterocycles. The highest BCUT2D eigenvalue weighted by atomic mass is 35.5. The Bertz CT molecular complexity index is 386. The van der Waals surface area contributed by atoms with Crippen LogP contribution >= 0.6 is 23.2 Å². The van der Waals surface area contributed by atoms with Crippen LogP contribution in [0.2, 0.25) is 10.4 Å². The highest BCUT2D eigenvalue weighted by Crippen LogP contribution is 2.21. The molecule has 2 heterocycles. The molecule has 0 aliphatic carbocycles. The molecule has 6 heteroatoms. The Morgan fingerprint density at radius 2 is 2.00 bits per heavy atom. The Balaban J connectivity index is 2.19. The van der Waals surface area contributed by atoms with E-state index in [1.807, 2.05) is 0 Å². The van der Waals surface area contributed by atoms with Gasteiger partial charge in [0.2, 0.25) is 5.28 Å². The largest absolute Gasteiger partial charge is 0.381 e. The SMILES string of the molecule is O=C(c1cc(Cl)nc(Cl)n1)C1CCOCC1. The molecule has 0 radical (unpaired) electrons. The lowest BCUT2D eigenvalue weighted by molar-refractivity contribution is 0.0541. The third-order valence-corrected chi connectivity index (χ3v) is 2.87. The summed E-state index contributed by atoms with van der Waals surface area (Å²) in [6.45, 7) is 1.23. The molecule has 0 amide bonds. The van der Waals surface area contributed by atoms with E-state index in [1.54, 1.807) is 0 Å². The molecule has 4 nitrogen and oxygen atoms in total. The zero-order valence-corrected chi connectivity index (χ0v) is 9.96. The van der Waals surface area contributed by atoms with Crippen molar-refractivity contribution in [2.75, 3.05) is 13.2 Å². The van der Waals surface area contributed by atoms with E-state index in [4.69, 9.17) is 27.9 Å². The Hall–Kier alpha value is -0.710.